The monoisotopic (exact) mass is 297 g/mol. The smallest absolute Gasteiger partial charge is 0.257 e. The van der Waals surface area contributed by atoms with Crippen LogP contribution in [0.1, 0.15) is 50.9 Å². The molecular formula is C16H24ClNO2. The topological polar surface area (TPSA) is 40.5 Å². The number of benzene rings is 1. The average molecular weight is 298 g/mol. The number of hydrogen-bond donors (Lipinski definition) is 1. The number of hydrogen-bond acceptors (Lipinski definition) is 2. The molecule has 0 aromatic heterocycles. The minimum absolute atomic E-state index is 0.0147. The van der Waals surface area contributed by atoms with Crippen LogP contribution >= 0.6 is 11.6 Å². The summed E-state index contributed by atoms with van der Waals surface area (Å²) in [6.07, 6.45) is 1.80. The van der Waals surface area contributed by atoms with Crippen molar-refractivity contribution in [3.8, 4) is 5.75 Å². The second-order valence-corrected chi connectivity index (χ2v) is 5.92. The lowest BCUT2D eigenvalue weighted by Gasteiger charge is -2.32. The molecule has 1 N–H and O–H groups in total. The summed E-state index contributed by atoms with van der Waals surface area (Å²) in [6.45, 7) is 9.00. The van der Waals surface area contributed by atoms with Gasteiger partial charge in [0.15, 0.2) is 0 Å². The maximum absolute atomic E-state index is 12.7. The highest BCUT2D eigenvalue weighted by molar-refractivity contribution is 6.31. The number of carbonyl (C=O) groups is 1. The van der Waals surface area contributed by atoms with Gasteiger partial charge in [-0.15, -0.1) is 0 Å². The molecule has 0 heterocycles. The molecule has 0 aliphatic heterocycles. The van der Waals surface area contributed by atoms with Gasteiger partial charge in [-0.25, -0.2) is 0 Å². The van der Waals surface area contributed by atoms with Gasteiger partial charge in [0.25, 0.3) is 5.91 Å². The second-order valence-electron chi connectivity index (χ2n) is 5.48. The minimum Gasteiger partial charge on any atom is -0.507 e. The summed E-state index contributed by atoms with van der Waals surface area (Å²) >= 11 is 5.94. The van der Waals surface area contributed by atoms with Gasteiger partial charge in [-0.2, -0.15) is 0 Å². The van der Waals surface area contributed by atoms with E-state index in [0.29, 0.717) is 17.5 Å². The molecule has 0 saturated heterocycles. The number of amides is 1. The Balaban J connectivity index is 3.12. The van der Waals surface area contributed by atoms with E-state index in [9.17, 15) is 9.90 Å². The van der Waals surface area contributed by atoms with Gasteiger partial charge in [-0.05, 0) is 37.0 Å². The lowest BCUT2D eigenvalue weighted by molar-refractivity contribution is 0.0637. The zero-order chi connectivity index (χ0) is 15.3. The van der Waals surface area contributed by atoms with Crippen molar-refractivity contribution in [1.29, 1.82) is 0 Å². The number of aromatic hydroxyl groups is 1. The van der Waals surface area contributed by atoms with Crippen LogP contribution in [-0.2, 0) is 0 Å². The van der Waals surface area contributed by atoms with Crippen LogP contribution < -0.4 is 0 Å². The maximum Gasteiger partial charge on any atom is 0.257 e. The molecule has 0 fully saturated rings. The Bertz CT molecular complexity index is 456. The molecule has 112 valence electrons. The van der Waals surface area contributed by atoms with E-state index in [1.807, 2.05) is 4.90 Å². The van der Waals surface area contributed by atoms with Crippen LogP contribution in [0.3, 0.4) is 0 Å². The minimum atomic E-state index is -0.146. The van der Waals surface area contributed by atoms with E-state index in [2.05, 4.69) is 27.7 Å². The van der Waals surface area contributed by atoms with E-state index in [4.69, 9.17) is 11.6 Å². The van der Waals surface area contributed by atoms with E-state index in [0.717, 1.165) is 12.8 Å². The third-order valence-electron chi connectivity index (χ3n) is 3.39. The summed E-state index contributed by atoms with van der Waals surface area (Å²) in [5, 5.41) is 10.4. The predicted molar refractivity (Wildman–Crippen MR) is 83.4 cm³/mol. The zero-order valence-corrected chi connectivity index (χ0v) is 13.4. The third kappa shape index (κ3) is 4.14. The van der Waals surface area contributed by atoms with E-state index in [-0.39, 0.29) is 23.3 Å². The maximum atomic E-state index is 12.7. The van der Waals surface area contributed by atoms with Crippen molar-refractivity contribution in [2.45, 2.75) is 46.6 Å². The van der Waals surface area contributed by atoms with Crippen LogP contribution in [0.5, 0.6) is 5.75 Å². The van der Waals surface area contributed by atoms with Gasteiger partial charge >= 0.3 is 0 Å². The first-order valence-electron chi connectivity index (χ1n) is 7.20. The Morgan fingerprint density at radius 2 is 1.90 bits per heavy atom. The van der Waals surface area contributed by atoms with Crippen LogP contribution in [0.2, 0.25) is 5.02 Å². The zero-order valence-electron chi connectivity index (χ0n) is 12.7. The van der Waals surface area contributed by atoms with Crippen molar-refractivity contribution in [1.82, 2.24) is 4.90 Å². The third-order valence-corrected chi connectivity index (χ3v) is 3.63. The Hall–Kier alpha value is -1.22. The SMILES string of the molecule is CCC(CC)N(CC(C)C)C(=O)c1cc(Cl)ccc1O. The molecule has 0 bridgehead atoms. The number of phenolic OH excluding ortho intramolecular Hbond substituents is 1. The van der Waals surface area contributed by atoms with E-state index >= 15 is 0 Å². The van der Waals surface area contributed by atoms with E-state index < -0.39 is 0 Å². The fourth-order valence-electron chi connectivity index (χ4n) is 2.35. The number of rotatable bonds is 6. The van der Waals surface area contributed by atoms with E-state index in [1.165, 1.54) is 12.1 Å². The Morgan fingerprint density at radius 1 is 1.30 bits per heavy atom. The molecule has 1 aromatic carbocycles. The average Bonchev–Trinajstić information content (AvgIpc) is 2.40. The number of phenols is 1. The van der Waals surface area contributed by atoms with Gasteiger partial charge in [-0.1, -0.05) is 39.3 Å². The molecule has 0 atom stereocenters. The predicted octanol–water partition coefficient (Wildman–Crippen LogP) is 4.33. The quantitative estimate of drug-likeness (QED) is 0.849. The highest BCUT2D eigenvalue weighted by Crippen LogP contribution is 2.25. The lowest BCUT2D eigenvalue weighted by Crippen LogP contribution is -2.42. The largest absolute Gasteiger partial charge is 0.507 e. The van der Waals surface area contributed by atoms with Gasteiger partial charge in [0.05, 0.1) is 5.56 Å². The van der Waals surface area contributed by atoms with Crippen molar-refractivity contribution >= 4 is 17.5 Å². The molecular weight excluding hydrogens is 274 g/mol. The lowest BCUT2D eigenvalue weighted by atomic mass is 10.0. The van der Waals surface area contributed by atoms with Crippen molar-refractivity contribution in [2.24, 2.45) is 5.92 Å². The molecule has 0 spiro atoms. The molecule has 0 aliphatic rings. The van der Waals surface area contributed by atoms with Crippen LogP contribution in [0.15, 0.2) is 18.2 Å². The van der Waals surface area contributed by atoms with Gasteiger partial charge in [0.1, 0.15) is 5.75 Å². The Labute approximate surface area is 126 Å². The summed E-state index contributed by atoms with van der Waals surface area (Å²) in [4.78, 5) is 14.6. The summed E-state index contributed by atoms with van der Waals surface area (Å²) in [5.74, 6) is 0.215. The molecule has 4 heteroatoms. The highest BCUT2D eigenvalue weighted by Gasteiger charge is 2.25. The molecule has 3 nitrogen and oxygen atoms in total. The Morgan fingerprint density at radius 3 is 2.40 bits per heavy atom. The fraction of sp³-hybridized carbons (Fsp3) is 0.562. The number of nitrogens with zero attached hydrogens (tertiary/aromatic N) is 1. The van der Waals surface area contributed by atoms with E-state index in [1.54, 1.807) is 6.07 Å². The highest BCUT2D eigenvalue weighted by atomic mass is 35.5. The molecule has 0 radical (unpaired) electrons. The van der Waals surface area contributed by atoms with Crippen molar-refractivity contribution in [3.63, 3.8) is 0 Å². The van der Waals surface area contributed by atoms with Crippen molar-refractivity contribution in [3.05, 3.63) is 28.8 Å². The second kappa shape index (κ2) is 7.53. The van der Waals surface area contributed by atoms with Crippen LogP contribution in [0.25, 0.3) is 0 Å². The molecule has 20 heavy (non-hydrogen) atoms. The molecule has 1 rings (SSSR count). The summed E-state index contributed by atoms with van der Waals surface area (Å²) in [6, 6.07) is 4.77. The fourth-order valence-corrected chi connectivity index (χ4v) is 2.53. The van der Waals surface area contributed by atoms with Gasteiger partial charge in [-0.3, -0.25) is 4.79 Å². The number of halogens is 1. The van der Waals surface area contributed by atoms with Crippen molar-refractivity contribution in [2.75, 3.05) is 6.54 Å². The van der Waals surface area contributed by atoms with Crippen LogP contribution in [-0.4, -0.2) is 28.5 Å². The van der Waals surface area contributed by atoms with Crippen LogP contribution in [0, 0.1) is 5.92 Å². The first-order chi connectivity index (χ1) is 9.40. The summed E-state index contributed by atoms with van der Waals surface area (Å²) in [5.41, 5.74) is 0.282. The summed E-state index contributed by atoms with van der Waals surface area (Å²) < 4.78 is 0. The normalized spacial score (nSPS) is 11.2. The number of carbonyl (C=O) groups excluding carboxylic acids is 1. The van der Waals surface area contributed by atoms with Gasteiger partial charge in [0.2, 0.25) is 0 Å². The van der Waals surface area contributed by atoms with Crippen molar-refractivity contribution < 1.29 is 9.90 Å². The molecule has 0 unspecified atom stereocenters. The summed E-state index contributed by atoms with van der Waals surface area (Å²) in [7, 11) is 0. The first kappa shape index (κ1) is 16.8. The van der Waals surface area contributed by atoms with Gasteiger partial charge in [0, 0.05) is 17.6 Å². The molecule has 1 amide bonds. The molecule has 0 aliphatic carbocycles. The first-order valence-corrected chi connectivity index (χ1v) is 7.57. The molecule has 1 aromatic rings. The Kier molecular flexibility index (Phi) is 6.34. The standard InChI is InChI=1S/C16H24ClNO2/c1-5-13(6-2)18(10-11(3)4)16(20)14-9-12(17)7-8-15(14)19/h7-9,11,13,19H,5-6,10H2,1-4H3. The van der Waals surface area contributed by atoms with Crippen LogP contribution in [0.4, 0.5) is 0 Å². The molecule has 0 saturated carbocycles. The van der Waals surface area contributed by atoms with Gasteiger partial charge < -0.3 is 10.0 Å².